The van der Waals surface area contributed by atoms with Crippen molar-refractivity contribution in [1.29, 1.82) is 0 Å². The molecule has 1 aromatic heterocycles. The zero-order chi connectivity index (χ0) is 34.0. The van der Waals surface area contributed by atoms with E-state index in [1.165, 1.54) is 5.39 Å². The molecule has 7 aromatic carbocycles. The zero-order valence-electron chi connectivity index (χ0n) is 27.8. The third-order valence-electron chi connectivity index (χ3n) is 8.88. The molecule has 0 saturated carbocycles. The van der Waals surface area contributed by atoms with Gasteiger partial charge in [-0.15, -0.1) is 42.7 Å². The van der Waals surface area contributed by atoms with Crippen LogP contribution in [0.4, 0.5) is 22.7 Å². The number of benzene rings is 7. The van der Waals surface area contributed by atoms with E-state index in [1.54, 1.807) is 12.3 Å². The van der Waals surface area contributed by atoms with Crippen LogP contribution >= 0.6 is 0 Å². The number of fused-ring (bicyclic) bond motifs is 3. The van der Waals surface area contributed by atoms with E-state index in [0.29, 0.717) is 23.1 Å². The van der Waals surface area contributed by atoms with Gasteiger partial charge in [0.2, 0.25) is 5.88 Å². The molecule has 0 saturated heterocycles. The number of nitrogens with zero attached hydrogens (tertiary/aromatic N) is 3. The van der Waals surface area contributed by atoms with E-state index in [-0.39, 0.29) is 21.1 Å². The molecule has 0 aliphatic carbocycles. The molecule has 0 radical (unpaired) electrons. The van der Waals surface area contributed by atoms with Crippen molar-refractivity contribution >= 4 is 33.5 Å². The molecule has 9 rings (SSSR count). The van der Waals surface area contributed by atoms with Crippen molar-refractivity contribution in [1.82, 2.24) is 4.98 Å². The van der Waals surface area contributed by atoms with Gasteiger partial charge in [0, 0.05) is 84.2 Å². The van der Waals surface area contributed by atoms with Crippen molar-refractivity contribution in [2.45, 2.75) is 0 Å². The number of anilines is 4. The van der Waals surface area contributed by atoms with Gasteiger partial charge in [-0.25, -0.2) is 4.98 Å². The topological polar surface area (TPSA) is 37.8 Å². The second kappa shape index (κ2) is 14.6. The predicted octanol–water partition coefficient (Wildman–Crippen LogP) is 12.2. The molecule has 1 aliphatic rings. The average molecular weight is 852 g/mol. The van der Waals surface area contributed by atoms with Gasteiger partial charge in [0.05, 0.1) is 0 Å². The van der Waals surface area contributed by atoms with Gasteiger partial charge in [-0.2, -0.15) is 12.1 Å². The van der Waals surface area contributed by atoms with Crippen LogP contribution in [0.2, 0.25) is 0 Å². The maximum absolute atomic E-state index is 6.31. The van der Waals surface area contributed by atoms with E-state index >= 15 is 0 Å². The van der Waals surface area contributed by atoms with Crippen LogP contribution in [0, 0.1) is 18.8 Å². The predicted molar refractivity (Wildman–Crippen MR) is 205 cm³/mol. The Hall–Kier alpha value is -6.16. The van der Waals surface area contributed by atoms with E-state index in [4.69, 9.17) is 9.47 Å². The van der Waals surface area contributed by atoms with Crippen molar-refractivity contribution in [3.8, 4) is 45.4 Å². The van der Waals surface area contributed by atoms with Crippen LogP contribution in [-0.2, 0) is 21.1 Å². The molecule has 1 aliphatic heterocycles. The first-order valence-corrected chi connectivity index (χ1v) is 16.8. The summed E-state index contributed by atoms with van der Waals surface area (Å²) < 4.78 is 12.2. The van der Waals surface area contributed by atoms with Crippen LogP contribution in [0.1, 0.15) is 0 Å². The fourth-order valence-corrected chi connectivity index (χ4v) is 6.61. The number of aromatic nitrogens is 1. The third kappa shape index (κ3) is 6.43. The van der Waals surface area contributed by atoms with Gasteiger partial charge in [0.1, 0.15) is 0 Å². The van der Waals surface area contributed by atoms with Gasteiger partial charge in [0.15, 0.2) is 0 Å². The second-order valence-corrected chi connectivity index (χ2v) is 12.1. The summed E-state index contributed by atoms with van der Waals surface area (Å²) in [6.45, 7) is 2.17. The first-order valence-electron chi connectivity index (χ1n) is 16.8. The van der Waals surface area contributed by atoms with Gasteiger partial charge < -0.3 is 19.3 Å². The maximum Gasteiger partial charge on any atom is 0.216 e. The molecule has 0 fully saturated rings. The minimum Gasteiger partial charge on any atom is -0.509 e. The number of para-hydroxylation sites is 1. The summed E-state index contributed by atoms with van der Waals surface area (Å²) in [6, 6.07) is 64.4. The first-order chi connectivity index (χ1) is 25.3. The Morgan fingerprint density at radius 1 is 0.481 bits per heavy atom. The molecule has 0 bridgehead atoms. The summed E-state index contributed by atoms with van der Waals surface area (Å²) in [5.74, 6) is 2.07. The van der Waals surface area contributed by atoms with E-state index in [9.17, 15) is 0 Å². The Balaban J connectivity index is 0.00000387. The molecule has 0 N–H and O–H groups in total. The molecule has 0 amide bonds. The molecular formula is C46H30N3O2Pt-3. The summed E-state index contributed by atoms with van der Waals surface area (Å²) in [5, 5.41) is 2.32. The van der Waals surface area contributed by atoms with Gasteiger partial charge in [0.25, 0.3) is 0 Å². The first kappa shape index (κ1) is 33.0. The van der Waals surface area contributed by atoms with Gasteiger partial charge in [-0.05, 0) is 28.6 Å². The summed E-state index contributed by atoms with van der Waals surface area (Å²) in [6.07, 6.45) is 1.69. The fraction of sp³-hybridized carbons (Fsp3) is 0. The largest absolute Gasteiger partial charge is 0.509 e. The van der Waals surface area contributed by atoms with Gasteiger partial charge >= 0.3 is 0 Å². The standard InChI is InChI=1S/C46H30N3O2.Pt/c1-3-14-33(15-4-1)40-24-13-25-41(34-16-5-2-6-17-34)45(40)49-32-48(43-28-27-35-18-7-8-23-42(35)46(43)49)36-19-11-20-37(30-36)50-38-21-12-22-39(31-38)51-44-26-9-10-29-47-44;/h1-29,32H;/q-3;. The zero-order valence-corrected chi connectivity index (χ0v) is 30.1. The van der Waals surface area contributed by atoms with E-state index < -0.39 is 0 Å². The molecule has 0 atom stereocenters. The smallest absolute Gasteiger partial charge is 0.216 e. The SMILES string of the molecule is [Pt].[c-]1c(Oc2[c-]c(N3[CH-]N(c4c(-c5ccccc5)cccc4-c4ccccc4)c4c3ccc3ccccc43)ccc2)cccc1Oc1ccccn1. The number of pyridine rings is 1. The molecule has 254 valence electrons. The van der Waals surface area contributed by atoms with Crippen LogP contribution in [0.3, 0.4) is 0 Å². The minimum atomic E-state index is 0. The summed E-state index contributed by atoms with van der Waals surface area (Å²) in [7, 11) is 0. The van der Waals surface area contributed by atoms with Crippen LogP contribution < -0.4 is 19.3 Å². The van der Waals surface area contributed by atoms with Crippen molar-refractivity contribution in [3.63, 3.8) is 0 Å². The Bertz CT molecular complexity index is 2420. The molecule has 5 nitrogen and oxygen atoms in total. The normalized spacial score (nSPS) is 11.9. The minimum absolute atomic E-state index is 0. The van der Waals surface area contributed by atoms with E-state index in [0.717, 1.165) is 50.4 Å². The molecule has 8 aromatic rings. The quantitative estimate of drug-likeness (QED) is 0.142. The summed E-state index contributed by atoms with van der Waals surface area (Å²) in [4.78, 5) is 8.78. The van der Waals surface area contributed by atoms with Crippen LogP contribution in [-0.4, -0.2) is 4.98 Å². The Morgan fingerprint density at radius 2 is 1.10 bits per heavy atom. The summed E-state index contributed by atoms with van der Waals surface area (Å²) in [5.41, 5.74) is 8.64. The number of hydrogen-bond acceptors (Lipinski definition) is 5. The van der Waals surface area contributed by atoms with Crippen molar-refractivity contribution in [3.05, 3.63) is 195 Å². The number of hydrogen-bond donors (Lipinski definition) is 0. The molecule has 52 heavy (non-hydrogen) atoms. The maximum atomic E-state index is 6.31. The van der Waals surface area contributed by atoms with Crippen LogP contribution in [0.25, 0.3) is 33.0 Å². The van der Waals surface area contributed by atoms with Crippen molar-refractivity contribution in [2.24, 2.45) is 0 Å². The Kier molecular flexibility index (Phi) is 9.26. The molecular weight excluding hydrogens is 822 g/mol. The third-order valence-corrected chi connectivity index (χ3v) is 8.88. The fourth-order valence-electron chi connectivity index (χ4n) is 6.61. The van der Waals surface area contributed by atoms with Crippen LogP contribution in [0.15, 0.2) is 176 Å². The molecule has 0 spiro atoms. The summed E-state index contributed by atoms with van der Waals surface area (Å²) >= 11 is 0. The second-order valence-electron chi connectivity index (χ2n) is 12.1. The van der Waals surface area contributed by atoms with Crippen LogP contribution in [0.5, 0.6) is 23.1 Å². The Morgan fingerprint density at radius 3 is 1.81 bits per heavy atom. The number of rotatable bonds is 8. The average Bonchev–Trinajstić information content (AvgIpc) is 3.59. The van der Waals surface area contributed by atoms with E-state index in [2.05, 4.69) is 155 Å². The monoisotopic (exact) mass is 851 g/mol. The van der Waals surface area contributed by atoms with Gasteiger partial charge in [-0.1, -0.05) is 121 Å². The van der Waals surface area contributed by atoms with Crippen molar-refractivity contribution < 1.29 is 30.5 Å². The van der Waals surface area contributed by atoms with Gasteiger partial charge in [-0.3, -0.25) is 0 Å². The molecule has 0 unspecified atom stereocenters. The molecule has 6 heteroatoms. The van der Waals surface area contributed by atoms with E-state index in [1.807, 2.05) is 42.5 Å². The molecule has 2 heterocycles. The van der Waals surface area contributed by atoms with Crippen molar-refractivity contribution in [2.75, 3.05) is 9.80 Å². The Labute approximate surface area is 317 Å². The number of ether oxygens (including phenoxy) is 2.